The van der Waals surface area contributed by atoms with Gasteiger partial charge in [0.15, 0.2) is 0 Å². The van der Waals surface area contributed by atoms with Gasteiger partial charge in [-0.1, -0.05) is 0 Å². The normalized spacial score (nSPS) is 10.8. The number of hydrogen-bond donors (Lipinski definition) is 1. The minimum atomic E-state index is 0.570. The third-order valence-electron chi connectivity index (χ3n) is 2.50. The fraction of sp³-hybridized carbons (Fsp3) is 0.455. The van der Waals surface area contributed by atoms with E-state index in [4.69, 9.17) is 0 Å². The van der Waals surface area contributed by atoms with Gasteiger partial charge in [0.25, 0.3) is 5.95 Å². The Kier molecular flexibility index (Phi) is 3.14. The van der Waals surface area contributed by atoms with E-state index < -0.39 is 0 Å². The first-order valence-corrected chi connectivity index (χ1v) is 5.49. The minimum Gasteiger partial charge on any atom is -0.316 e. The Morgan fingerprint density at radius 3 is 2.53 bits per heavy atom. The summed E-state index contributed by atoms with van der Waals surface area (Å²) in [5.74, 6) is 2.09. The molecule has 2 heterocycles. The van der Waals surface area contributed by atoms with E-state index in [2.05, 4.69) is 25.4 Å². The summed E-state index contributed by atoms with van der Waals surface area (Å²) in [7, 11) is 1.90. The molecule has 0 bridgehead atoms. The van der Waals surface area contributed by atoms with Crippen LogP contribution in [-0.4, -0.2) is 31.8 Å². The molecule has 0 aliphatic rings. The molecule has 2 aromatic rings. The van der Waals surface area contributed by atoms with E-state index in [1.807, 2.05) is 34.0 Å². The zero-order valence-electron chi connectivity index (χ0n) is 10.5. The fourth-order valence-electron chi connectivity index (χ4n) is 1.66. The van der Waals surface area contributed by atoms with Gasteiger partial charge in [-0.3, -0.25) is 0 Å². The van der Waals surface area contributed by atoms with Crippen molar-refractivity contribution in [2.45, 2.75) is 27.3 Å². The molecule has 0 saturated heterocycles. The maximum absolute atomic E-state index is 4.45. The number of hydrogen-bond acceptors (Lipinski definition) is 5. The summed E-state index contributed by atoms with van der Waals surface area (Å²) in [6.07, 6.45) is 1.82. The van der Waals surface area contributed by atoms with Crippen molar-refractivity contribution in [1.82, 2.24) is 30.0 Å². The summed E-state index contributed by atoms with van der Waals surface area (Å²) in [6.45, 7) is 6.48. The zero-order chi connectivity index (χ0) is 12.4. The second-order valence-electron chi connectivity index (χ2n) is 3.93. The van der Waals surface area contributed by atoms with Gasteiger partial charge in [0.2, 0.25) is 0 Å². The van der Waals surface area contributed by atoms with E-state index in [9.17, 15) is 0 Å². The van der Waals surface area contributed by atoms with Crippen molar-refractivity contribution in [3.63, 3.8) is 0 Å². The van der Waals surface area contributed by atoms with Crippen LogP contribution in [-0.2, 0) is 6.54 Å². The first kappa shape index (κ1) is 11.7. The largest absolute Gasteiger partial charge is 0.316 e. The first-order chi connectivity index (χ1) is 8.11. The highest BCUT2D eigenvalue weighted by Crippen LogP contribution is 2.08. The summed E-state index contributed by atoms with van der Waals surface area (Å²) in [5.41, 5.74) is 2.04. The molecule has 90 valence electrons. The van der Waals surface area contributed by atoms with Crippen LogP contribution in [0.3, 0.4) is 0 Å². The number of aromatic nitrogens is 5. The predicted molar refractivity (Wildman–Crippen MR) is 63.9 cm³/mol. The standard InChI is InChI=1S/C11H16N6/c1-7-10(5-12-4)6-13-11(14-7)17-9(3)15-8(2)16-17/h6,12H,5H2,1-4H3. The smallest absolute Gasteiger partial charge is 0.252 e. The summed E-state index contributed by atoms with van der Waals surface area (Å²) in [5, 5.41) is 7.35. The van der Waals surface area contributed by atoms with Gasteiger partial charge in [-0.25, -0.2) is 15.0 Å². The van der Waals surface area contributed by atoms with Crippen molar-refractivity contribution in [2.24, 2.45) is 0 Å². The topological polar surface area (TPSA) is 68.5 Å². The maximum Gasteiger partial charge on any atom is 0.252 e. The molecule has 0 spiro atoms. The molecular weight excluding hydrogens is 216 g/mol. The molecule has 0 fully saturated rings. The van der Waals surface area contributed by atoms with E-state index in [1.54, 1.807) is 4.68 Å². The fourth-order valence-corrected chi connectivity index (χ4v) is 1.66. The molecule has 0 aliphatic carbocycles. The van der Waals surface area contributed by atoms with Crippen molar-refractivity contribution in [3.05, 3.63) is 29.1 Å². The van der Waals surface area contributed by atoms with E-state index in [0.29, 0.717) is 5.95 Å². The third-order valence-corrected chi connectivity index (χ3v) is 2.50. The van der Waals surface area contributed by atoms with Gasteiger partial charge >= 0.3 is 0 Å². The summed E-state index contributed by atoms with van der Waals surface area (Å²) in [6, 6.07) is 0. The lowest BCUT2D eigenvalue weighted by Crippen LogP contribution is -2.11. The van der Waals surface area contributed by atoms with Gasteiger partial charge in [-0.15, -0.1) is 5.10 Å². The molecule has 0 unspecified atom stereocenters. The van der Waals surface area contributed by atoms with Crippen molar-refractivity contribution in [3.8, 4) is 5.95 Å². The lowest BCUT2D eigenvalue weighted by Gasteiger charge is -2.06. The molecule has 0 atom stereocenters. The second kappa shape index (κ2) is 4.58. The molecule has 2 aromatic heterocycles. The van der Waals surface area contributed by atoms with E-state index in [-0.39, 0.29) is 0 Å². The Labute approximate surface area is 100 Å². The quantitative estimate of drug-likeness (QED) is 0.843. The van der Waals surface area contributed by atoms with Crippen LogP contribution in [0.5, 0.6) is 0 Å². The Morgan fingerprint density at radius 1 is 1.24 bits per heavy atom. The summed E-state index contributed by atoms with van der Waals surface area (Å²) >= 11 is 0. The van der Waals surface area contributed by atoms with Crippen molar-refractivity contribution >= 4 is 0 Å². The van der Waals surface area contributed by atoms with Gasteiger partial charge in [0, 0.05) is 24.0 Å². The van der Waals surface area contributed by atoms with Crippen LogP contribution in [0.15, 0.2) is 6.20 Å². The minimum absolute atomic E-state index is 0.570. The van der Waals surface area contributed by atoms with Crippen LogP contribution in [0.25, 0.3) is 5.95 Å². The SMILES string of the molecule is CNCc1cnc(-n2nc(C)nc2C)nc1C. The van der Waals surface area contributed by atoms with Crippen LogP contribution in [0.1, 0.15) is 22.9 Å². The molecule has 6 heteroatoms. The van der Waals surface area contributed by atoms with Gasteiger partial charge in [-0.2, -0.15) is 4.68 Å². The van der Waals surface area contributed by atoms with E-state index in [0.717, 1.165) is 29.5 Å². The van der Waals surface area contributed by atoms with E-state index in [1.165, 1.54) is 0 Å². The molecule has 0 amide bonds. The number of nitrogens with zero attached hydrogens (tertiary/aromatic N) is 5. The highest BCUT2D eigenvalue weighted by molar-refractivity contribution is 5.21. The van der Waals surface area contributed by atoms with Crippen LogP contribution >= 0.6 is 0 Å². The Hall–Kier alpha value is -1.82. The molecule has 0 saturated carbocycles. The number of nitrogens with one attached hydrogen (secondary N) is 1. The second-order valence-corrected chi connectivity index (χ2v) is 3.93. The lowest BCUT2D eigenvalue weighted by molar-refractivity contribution is 0.744. The summed E-state index contributed by atoms with van der Waals surface area (Å²) < 4.78 is 1.66. The highest BCUT2D eigenvalue weighted by Gasteiger charge is 2.09. The Bertz CT molecular complexity index is 531. The van der Waals surface area contributed by atoms with Crippen LogP contribution in [0.4, 0.5) is 0 Å². The molecule has 0 radical (unpaired) electrons. The Balaban J connectivity index is 2.41. The van der Waals surface area contributed by atoms with Crippen LogP contribution in [0.2, 0.25) is 0 Å². The summed E-state index contributed by atoms with van der Waals surface area (Å²) in [4.78, 5) is 13.0. The molecule has 0 aliphatic heterocycles. The van der Waals surface area contributed by atoms with Gasteiger partial charge in [-0.05, 0) is 27.8 Å². The number of aryl methyl sites for hydroxylation is 3. The van der Waals surface area contributed by atoms with Crippen LogP contribution in [0, 0.1) is 20.8 Å². The highest BCUT2D eigenvalue weighted by atomic mass is 15.4. The maximum atomic E-state index is 4.45. The average molecular weight is 232 g/mol. The predicted octanol–water partition coefficient (Wildman–Crippen LogP) is 0.702. The van der Waals surface area contributed by atoms with Gasteiger partial charge in [0.1, 0.15) is 11.6 Å². The first-order valence-electron chi connectivity index (χ1n) is 5.49. The van der Waals surface area contributed by atoms with E-state index >= 15 is 0 Å². The molecular formula is C11H16N6. The van der Waals surface area contributed by atoms with Gasteiger partial charge in [0.05, 0.1) is 0 Å². The third kappa shape index (κ3) is 2.31. The lowest BCUT2D eigenvalue weighted by atomic mass is 10.2. The monoisotopic (exact) mass is 232 g/mol. The van der Waals surface area contributed by atoms with Crippen molar-refractivity contribution in [1.29, 1.82) is 0 Å². The molecule has 2 rings (SSSR count). The van der Waals surface area contributed by atoms with Gasteiger partial charge < -0.3 is 5.32 Å². The molecule has 1 N–H and O–H groups in total. The molecule has 6 nitrogen and oxygen atoms in total. The average Bonchev–Trinajstić information content (AvgIpc) is 2.61. The van der Waals surface area contributed by atoms with Crippen LogP contribution < -0.4 is 5.32 Å². The molecule has 17 heavy (non-hydrogen) atoms. The van der Waals surface area contributed by atoms with Crippen molar-refractivity contribution < 1.29 is 0 Å². The van der Waals surface area contributed by atoms with Crippen molar-refractivity contribution in [2.75, 3.05) is 7.05 Å². The molecule has 0 aromatic carbocycles. The number of rotatable bonds is 3. The Morgan fingerprint density at radius 2 is 2.00 bits per heavy atom. The zero-order valence-corrected chi connectivity index (χ0v) is 10.5.